The van der Waals surface area contributed by atoms with Gasteiger partial charge in [-0.05, 0) is 49.2 Å². The number of rotatable bonds is 6. The van der Waals surface area contributed by atoms with Gasteiger partial charge in [0.05, 0.1) is 5.75 Å². The number of carbonyl (C=O) groups excluding carboxylic acids is 2. The van der Waals surface area contributed by atoms with Crippen LogP contribution in [0.2, 0.25) is 0 Å². The summed E-state index contributed by atoms with van der Waals surface area (Å²) < 4.78 is 6.06. The zero-order chi connectivity index (χ0) is 17.5. The second-order valence-electron chi connectivity index (χ2n) is 5.23. The lowest BCUT2D eigenvalue weighted by atomic mass is 10.2. The van der Waals surface area contributed by atoms with Crippen molar-refractivity contribution in [1.29, 1.82) is 0 Å². The molecule has 4 nitrogen and oxygen atoms in total. The molecule has 0 atom stereocenters. The van der Waals surface area contributed by atoms with Gasteiger partial charge in [0.15, 0.2) is 6.61 Å². The lowest BCUT2D eigenvalue weighted by Crippen LogP contribution is -2.21. The van der Waals surface area contributed by atoms with E-state index in [1.807, 2.05) is 44.2 Å². The average molecular weight is 408 g/mol. The van der Waals surface area contributed by atoms with Crippen molar-refractivity contribution in [2.75, 3.05) is 17.7 Å². The van der Waals surface area contributed by atoms with Gasteiger partial charge in [0, 0.05) is 15.1 Å². The molecule has 0 radical (unpaired) electrons. The van der Waals surface area contributed by atoms with Gasteiger partial charge in [-0.2, -0.15) is 0 Å². The fraction of sp³-hybridized carbons (Fsp3) is 0.222. The molecule has 0 saturated heterocycles. The van der Waals surface area contributed by atoms with Gasteiger partial charge in [-0.25, -0.2) is 0 Å². The lowest BCUT2D eigenvalue weighted by Gasteiger charge is -2.09. The number of halogens is 1. The normalized spacial score (nSPS) is 10.3. The minimum absolute atomic E-state index is 0.167. The molecule has 0 aliphatic carbocycles. The molecule has 0 aromatic heterocycles. The van der Waals surface area contributed by atoms with E-state index in [0.29, 0.717) is 5.69 Å². The molecule has 1 amide bonds. The van der Waals surface area contributed by atoms with E-state index in [-0.39, 0.29) is 18.3 Å². The molecule has 1 N–H and O–H groups in total. The van der Waals surface area contributed by atoms with Crippen LogP contribution in [-0.4, -0.2) is 24.2 Å². The number of benzene rings is 2. The molecular weight excluding hydrogens is 390 g/mol. The fourth-order valence-electron chi connectivity index (χ4n) is 1.95. The van der Waals surface area contributed by atoms with Crippen LogP contribution < -0.4 is 5.32 Å². The van der Waals surface area contributed by atoms with Crippen molar-refractivity contribution in [1.82, 2.24) is 0 Å². The molecule has 0 saturated carbocycles. The first kappa shape index (κ1) is 18.5. The molecule has 0 aliphatic rings. The Hall–Kier alpha value is -1.79. The molecule has 6 heteroatoms. The summed E-state index contributed by atoms with van der Waals surface area (Å²) in [6.45, 7) is 3.71. The van der Waals surface area contributed by atoms with E-state index in [2.05, 4.69) is 21.2 Å². The zero-order valence-electron chi connectivity index (χ0n) is 13.5. The number of carbonyl (C=O) groups is 2. The summed E-state index contributed by atoms with van der Waals surface area (Å²) in [4.78, 5) is 24.6. The van der Waals surface area contributed by atoms with Crippen LogP contribution in [0.1, 0.15) is 11.1 Å². The molecule has 0 bridgehead atoms. The molecular formula is C18H18BrNO3S. The largest absolute Gasteiger partial charge is 0.455 e. The van der Waals surface area contributed by atoms with Crippen LogP contribution in [0, 0.1) is 13.8 Å². The van der Waals surface area contributed by atoms with Crippen LogP contribution in [0.4, 0.5) is 5.69 Å². The number of amides is 1. The number of nitrogens with one attached hydrogen (secondary N) is 1. The molecule has 0 aliphatic heterocycles. The van der Waals surface area contributed by atoms with E-state index >= 15 is 0 Å². The first-order valence-electron chi connectivity index (χ1n) is 7.36. The molecule has 126 valence electrons. The zero-order valence-corrected chi connectivity index (χ0v) is 15.9. The maximum atomic E-state index is 11.8. The number of para-hydroxylation sites is 1. The van der Waals surface area contributed by atoms with Gasteiger partial charge in [0.1, 0.15) is 0 Å². The summed E-state index contributed by atoms with van der Waals surface area (Å²) in [5.74, 6) is -0.598. The number of esters is 1. The summed E-state index contributed by atoms with van der Waals surface area (Å²) in [5.41, 5.74) is 2.87. The maximum absolute atomic E-state index is 11.8. The highest BCUT2D eigenvalue weighted by molar-refractivity contribution is 9.10. The highest BCUT2D eigenvalue weighted by Crippen LogP contribution is 2.28. The van der Waals surface area contributed by atoms with Crippen molar-refractivity contribution in [2.45, 2.75) is 18.7 Å². The van der Waals surface area contributed by atoms with Crippen molar-refractivity contribution >= 4 is 45.3 Å². The minimum atomic E-state index is -0.414. The summed E-state index contributed by atoms with van der Waals surface area (Å²) in [7, 11) is 0. The average Bonchev–Trinajstić information content (AvgIpc) is 2.56. The van der Waals surface area contributed by atoms with Gasteiger partial charge >= 0.3 is 5.97 Å². The molecule has 2 aromatic carbocycles. The highest BCUT2D eigenvalue weighted by Gasteiger charge is 2.10. The molecule has 2 aromatic rings. The van der Waals surface area contributed by atoms with E-state index < -0.39 is 5.97 Å². The quantitative estimate of drug-likeness (QED) is 0.571. The minimum Gasteiger partial charge on any atom is -0.455 e. The van der Waals surface area contributed by atoms with Gasteiger partial charge < -0.3 is 10.1 Å². The standard InChI is InChI=1S/C18H18BrNO3S/c1-12-9-16(13(2)8-15(12)19)24-11-18(22)23-10-17(21)20-14-6-4-3-5-7-14/h3-9H,10-11H2,1-2H3,(H,20,21). The highest BCUT2D eigenvalue weighted by atomic mass is 79.9. The third-order valence-corrected chi connectivity index (χ3v) is 5.21. The Morgan fingerprint density at radius 2 is 1.83 bits per heavy atom. The Bertz CT molecular complexity index is 735. The monoisotopic (exact) mass is 407 g/mol. The van der Waals surface area contributed by atoms with Crippen LogP contribution in [-0.2, 0) is 14.3 Å². The van der Waals surface area contributed by atoms with Crippen molar-refractivity contribution in [2.24, 2.45) is 0 Å². The Morgan fingerprint density at radius 3 is 2.54 bits per heavy atom. The third-order valence-electron chi connectivity index (χ3n) is 3.22. The second-order valence-corrected chi connectivity index (χ2v) is 7.10. The van der Waals surface area contributed by atoms with Crippen molar-refractivity contribution in [3.8, 4) is 0 Å². The first-order chi connectivity index (χ1) is 11.5. The second kappa shape index (κ2) is 8.89. The number of thioether (sulfide) groups is 1. The van der Waals surface area contributed by atoms with E-state index in [1.54, 1.807) is 12.1 Å². The molecule has 0 fully saturated rings. The summed E-state index contributed by atoms with van der Waals surface area (Å²) in [6.07, 6.45) is 0. The van der Waals surface area contributed by atoms with Crippen molar-refractivity contribution in [3.05, 3.63) is 58.1 Å². The van der Waals surface area contributed by atoms with Gasteiger partial charge in [-0.3, -0.25) is 9.59 Å². The topological polar surface area (TPSA) is 55.4 Å². The summed E-state index contributed by atoms with van der Waals surface area (Å²) >= 11 is 4.89. The van der Waals surface area contributed by atoms with Gasteiger partial charge in [0.25, 0.3) is 5.91 Å². The van der Waals surface area contributed by atoms with Crippen LogP contribution in [0.25, 0.3) is 0 Å². The summed E-state index contributed by atoms with van der Waals surface area (Å²) in [5, 5.41) is 2.67. The Labute approximate surface area is 154 Å². The van der Waals surface area contributed by atoms with E-state index in [4.69, 9.17) is 4.74 Å². The van der Waals surface area contributed by atoms with Gasteiger partial charge in [-0.1, -0.05) is 34.1 Å². The van der Waals surface area contributed by atoms with Gasteiger partial charge in [-0.15, -0.1) is 11.8 Å². The Morgan fingerprint density at radius 1 is 1.12 bits per heavy atom. The molecule has 0 unspecified atom stereocenters. The van der Waals surface area contributed by atoms with Crippen molar-refractivity contribution in [3.63, 3.8) is 0 Å². The lowest BCUT2D eigenvalue weighted by molar-refractivity contribution is -0.144. The number of ether oxygens (including phenoxy) is 1. The van der Waals surface area contributed by atoms with E-state index in [1.165, 1.54) is 11.8 Å². The van der Waals surface area contributed by atoms with Crippen LogP contribution in [0.15, 0.2) is 51.8 Å². The Balaban J connectivity index is 1.77. The van der Waals surface area contributed by atoms with E-state index in [0.717, 1.165) is 20.5 Å². The van der Waals surface area contributed by atoms with Crippen LogP contribution in [0.3, 0.4) is 0 Å². The molecule has 0 heterocycles. The fourth-order valence-corrected chi connectivity index (χ4v) is 3.31. The molecule has 24 heavy (non-hydrogen) atoms. The maximum Gasteiger partial charge on any atom is 0.316 e. The number of aryl methyl sites for hydroxylation is 2. The SMILES string of the molecule is Cc1cc(SCC(=O)OCC(=O)Nc2ccccc2)c(C)cc1Br. The Kier molecular flexibility index (Phi) is 6.87. The smallest absolute Gasteiger partial charge is 0.316 e. The number of anilines is 1. The third kappa shape index (κ3) is 5.69. The summed E-state index contributed by atoms with van der Waals surface area (Å²) in [6, 6.07) is 13.1. The number of hydrogen-bond acceptors (Lipinski definition) is 4. The van der Waals surface area contributed by atoms with Gasteiger partial charge in [0.2, 0.25) is 0 Å². The predicted molar refractivity (Wildman–Crippen MR) is 100 cm³/mol. The first-order valence-corrected chi connectivity index (χ1v) is 9.13. The predicted octanol–water partition coefficient (Wildman–Crippen LogP) is 4.34. The molecule has 2 rings (SSSR count). The van der Waals surface area contributed by atoms with Crippen molar-refractivity contribution < 1.29 is 14.3 Å². The van der Waals surface area contributed by atoms with Crippen LogP contribution >= 0.6 is 27.7 Å². The molecule has 0 spiro atoms. The number of hydrogen-bond donors (Lipinski definition) is 1. The van der Waals surface area contributed by atoms with Crippen LogP contribution in [0.5, 0.6) is 0 Å². The van der Waals surface area contributed by atoms with E-state index in [9.17, 15) is 9.59 Å².